The Morgan fingerprint density at radius 1 is 0.917 bits per heavy atom. The molecule has 7 heteroatoms. The lowest BCUT2D eigenvalue weighted by Gasteiger charge is -2.51. The highest BCUT2D eigenvalue weighted by Gasteiger charge is 2.51. The summed E-state index contributed by atoms with van der Waals surface area (Å²) in [5.74, 6) is -0.528. The van der Waals surface area contributed by atoms with Crippen LogP contribution in [0, 0.1) is 5.92 Å². The zero-order valence-electron chi connectivity index (χ0n) is 20.0. The molecule has 0 aliphatic carbocycles. The Kier molecular flexibility index (Phi) is 6.84. The maximum atomic E-state index is 13.6. The maximum Gasteiger partial charge on any atom is 0.348 e. The van der Waals surface area contributed by atoms with Crippen LogP contribution < -0.4 is 5.32 Å². The van der Waals surface area contributed by atoms with Gasteiger partial charge in [-0.05, 0) is 35.4 Å². The first-order valence-corrected chi connectivity index (χ1v) is 12.7. The predicted octanol–water partition coefficient (Wildman–Crippen LogP) is 4.37. The predicted molar refractivity (Wildman–Crippen MR) is 138 cm³/mol. The van der Waals surface area contributed by atoms with Gasteiger partial charge in [-0.25, -0.2) is 4.79 Å². The van der Waals surface area contributed by atoms with Gasteiger partial charge < -0.3 is 19.6 Å². The quantitative estimate of drug-likeness (QED) is 0.369. The minimum Gasteiger partial charge on any atom is -0.453 e. The standard InChI is InChI=1S/C29H29ClN2O4/c30-24-11-13-25(14-12-24)31-27(33)20-32-17-15-21(16-18-32)26(19-32)36-28(34)29(35,22-7-3-1-4-8-22)23-9-5-2-6-10-23/h1-14,21,26,35H,15-20H2/p+1. The van der Waals surface area contributed by atoms with Gasteiger partial charge in [0.15, 0.2) is 12.6 Å². The van der Waals surface area contributed by atoms with Crippen LogP contribution in [0.1, 0.15) is 24.0 Å². The molecule has 1 atom stereocenters. The van der Waals surface area contributed by atoms with E-state index in [0.29, 0.717) is 39.4 Å². The Balaban J connectivity index is 1.32. The third-order valence-corrected chi connectivity index (χ3v) is 7.84. The summed E-state index contributed by atoms with van der Waals surface area (Å²) in [5.41, 5.74) is -0.276. The molecule has 3 aromatic rings. The summed E-state index contributed by atoms with van der Waals surface area (Å²) in [4.78, 5) is 26.5. The molecular formula is C29H30ClN2O4+. The fourth-order valence-corrected chi connectivity index (χ4v) is 5.73. The van der Waals surface area contributed by atoms with Crippen LogP contribution >= 0.6 is 11.6 Å². The number of piperidine rings is 3. The van der Waals surface area contributed by atoms with Crippen LogP contribution in [-0.4, -0.2) is 53.7 Å². The summed E-state index contributed by atoms with van der Waals surface area (Å²) >= 11 is 5.95. The van der Waals surface area contributed by atoms with E-state index in [1.165, 1.54) is 0 Å². The summed E-state index contributed by atoms with van der Waals surface area (Å²) in [6, 6.07) is 24.9. The monoisotopic (exact) mass is 505 g/mol. The summed E-state index contributed by atoms with van der Waals surface area (Å²) in [6.45, 7) is 2.61. The van der Waals surface area contributed by atoms with Crippen molar-refractivity contribution in [1.29, 1.82) is 0 Å². The highest BCUT2D eigenvalue weighted by atomic mass is 35.5. The lowest BCUT2D eigenvalue weighted by atomic mass is 9.82. The van der Waals surface area contributed by atoms with Crippen LogP contribution in [0.15, 0.2) is 84.9 Å². The van der Waals surface area contributed by atoms with Gasteiger partial charge in [-0.2, -0.15) is 0 Å². The Hall–Kier alpha value is -3.19. The number of hydrogen-bond donors (Lipinski definition) is 2. The zero-order valence-corrected chi connectivity index (χ0v) is 20.7. The highest BCUT2D eigenvalue weighted by molar-refractivity contribution is 6.30. The second kappa shape index (κ2) is 10.1. The summed E-state index contributed by atoms with van der Waals surface area (Å²) in [6.07, 6.45) is 1.39. The van der Waals surface area contributed by atoms with Crippen LogP contribution in [0.2, 0.25) is 5.02 Å². The zero-order chi connectivity index (χ0) is 25.2. The second-order valence-corrected chi connectivity index (χ2v) is 10.3. The molecule has 3 aromatic carbocycles. The third kappa shape index (κ3) is 4.89. The summed E-state index contributed by atoms with van der Waals surface area (Å²) in [7, 11) is 0. The number of carbonyl (C=O) groups excluding carboxylic acids is 2. The largest absolute Gasteiger partial charge is 0.453 e. The molecule has 3 heterocycles. The SMILES string of the molecule is O=C(C[N+]12CCC(CC1)C(OC(=O)C(O)(c1ccccc1)c1ccccc1)C2)Nc1ccc(Cl)cc1. The molecule has 6 rings (SSSR count). The summed E-state index contributed by atoms with van der Waals surface area (Å²) < 4.78 is 6.66. The van der Waals surface area contributed by atoms with Crippen LogP contribution in [0.25, 0.3) is 0 Å². The Morgan fingerprint density at radius 2 is 1.47 bits per heavy atom. The number of anilines is 1. The maximum absolute atomic E-state index is 13.6. The van der Waals surface area contributed by atoms with Crippen LogP contribution in [0.5, 0.6) is 0 Å². The molecule has 0 aromatic heterocycles. The van der Waals surface area contributed by atoms with E-state index in [1.54, 1.807) is 72.8 Å². The number of rotatable bonds is 7. The van der Waals surface area contributed by atoms with Gasteiger partial charge in [0.25, 0.3) is 5.91 Å². The number of carbonyl (C=O) groups is 2. The fourth-order valence-electron chi connectivity index (χ4n) is 5.60. The number of fused-ring (bicyclic) bond motifs is 3. The van der Waals surface area contributed by atoms with Crippen molar-refractivity contribution in [3.63, 3.8) is 0 Å². The van der Waals surface area contributed by atoms with Gasteiger partial charge in [0, 0.05) is 29.5 Å². The van der Waals surface area contributed by atoms with E-state index < -0.39 is 11.6 Å². The van der Waals surface area contributed by atoms with E-state index in [1.807, 2.05) is 12.1 Å². The number of nitrogens with zero attached hydrogens (tertiary/aromatic N) is 1. The van der Waals surface area contributed by atoms with Gasteiger partial charge >= 0.3 is 5.97 Å². The minimum absolute atomic E-state index is 0.0761. The van der Waals surface area contributed by atoms with Crippen molar-refractivity contribution in [3.05, 3.63) is 101 Å². The Morgan fingerprint density at radius 3 is 2.03 bits per heavy atom. The lowest BCUT2D eigenvalue weighted by molar-refractivity contribution is -0.939. The molecule has 0 spiro atoms. The molecule has 36 heavy (non-hydrogen) atoms. The molecule has 3 aliphatic rings. The third-order valence-electron chi connectivity index (χ3n) is 7.59. The van der Waals surface area contributed by atoms with Gasteiger partial charge in [-0.3, -0.25) is 4.79 Å². The van der Waals surface area contributed by atoms with Crippen molar-refractivity contribution in [2.45, 2.75) is 24.5 Å². The average Bonchev–Trinajstić information content (AvgIpc) is 2.91. The number of benzene rings is 3. The van der Waals surface area contributed by atoms with Crippen molar-refractivity contribution in [1.82, 2.24) is 0 Å². The number of halogens is 1. The number of nitrogens with one attached hydrogen (secondary N) is 1. The topological polar surface area (TPSA) is 75.6 Å². The smallest absolute Gasteiger partial charge is 0.348 e. The minimum atomic E-state index is -1.91. The van der Waals surface area contributed by atoms with E-state index >= 15 is 0 Å². The second-order valence-electron chi connectivity index (χ2n) is 9.91. The number of hydrogen-bond acceptors (Lipinski definition) is 4. The lowest BCUT2D eigenvalue weighted by Crippen LogP contribution is -2.66. The number of amides is 1. The average molecular weight is 506 g/mol. The molecule has 3 fully saturated rings. The van der Waals surface area contributed by atoms with Crippen molar-refractivity contribution in [2.24, 2.45) is 5.92 Å². The van der Waals surface area contributed by atoms with E-state index in [2.05, 4.69) is 5.32 Å². The molecule has 0 radical (unpaired) electrons. The van der Waals surface area contributed by atoms with Crippen LogP contribution in [0.3, 0.4) is 0 Å². The van der Waals surface area contributed by atoms with Gasteiger partial charge in [0.2, 0.25) is 5.60 Å². The first kappa shape index (κ1) is 24.5. The van der Waals surface area contributed by atoms with E-state index in [-0.39, 0.29) is 17.9 Å². The number of quaternary nitrogens is 1. The van der Waals surface area contributed by atoms with Crippen LogP contribution in [-0.2, 0) is 19.9 Å². The molecule has 1 amide bonds. The first-order chi connectivity index (χ1) is 17.4. The van der Waals surface area contributed by atoms with Gasteiger partial charge in [-0.15, -0.1) is 0 Å². The summed E-state index contributed by atoms with van der Waals surface area (Å²) in [5, 5.41) is 15.3. The Bertz CT molecular complexity index is 1170. The molecule has 0 saturated carbocycles. The van der Waals surface area contributed by atoms with E-state index in [0.717, 1.165) is 25.9 Å². The van der Waals surface area contributed by atoms with E-state index in [4.69, 9.17) is 16.3 Å². The number of ether oxygens (including phenoxy) is 1. The van der Waals surface area contributed by atoms with E-state index in [9.17, 15) is 14.7 Å². The molecule has 186 valence electrons. The van der Waals surface area contributed by atoms with Crippen molar-refractivity contribution in [2.75, 3.05) is 31.5 Å². The molecule has 2 N–H and O–H groups in total. The molecule has 3 aliphatic heterocycles. The normalized spacial score (nSPS) is 23.2. The molecule has 2 bridgehead atoms. The van der Waals surface area contributed by atoms with Crippen molar-refractivity contribution < 1.29 is 23.9 Å². The van der Waals surface area contributed by atoms with Gasteiger partial charge in [0.1, 0.15) is 6.54 Å². The number of aliphatic hydroxyl groups is 1. The molecule has 1 unspecified atom stereocenters. The molecular weight excluding hydrogens is 476 g/mol. The number of esters is 1. The highest BCUT2D eigenvalue weighted by Crippen LogP contribution is 2.38. The molecule has 6 nitrogen and oxygen atoms in total. The van der Waals surface area contributed by atoms with Crippen molar-refractivity contribution >= 4 is 29.2 Å². The van der Waals surface area contributed by atoms with Gasteiger partial charge in [0.05, 0.1) is 13.1 Å². The first-order valence-electron chi connectivity index (χ1n) is 12.3. The van der Waals surface area contributed by atoms with Crippen LogP contribution in [0.4, 0.5) is 5.69 Å². The molecule has 3 saturated heterocycles. The van der Waals surface area contributed by atoms with Crippen molar-refractivity contribution in [3.8, 4) is 0 Å². The van der Waals surface area contributed by atoms with Gasteiger partial charge in [-0.1, -0.05) is 72.3 Å². The Labute approximate surface area is 216 Å². The fraction of sp³-hybridized carbons (Fsp3) is 0.310.